The Labute approximate surface area is 172 Å². The van der Waals surface area contributed by atoms with Crippen LogP contribution in [-0.4, -0.2) is 51.5 Å². The number of benzene rings is 2. The monoisotopic (exact) mass is 413 g/mol. The van der Waals surface area contributed by atoms with Crippen molar-refractivity contribution in [3.63, 3.8) is 0 Å². The number of fused-ring (bicyclic) bond motifs is 1. The van der Waals surface area contributed by atoms with Gasteiger partial charge in [-0.1, -0.05) is 23.7 Å². The minimum atomic E-state index is -0.493. The van der Waals surface area contributed by atoms with Gasteiger partial charge in [-0.3, -0.25) is 9.89 Å². The standard InChI is InChI=1S/C21H20ClN3O4/c1-11-8-16(27)14(10-15(11)22)18-17-19(24-23-18)21(28)25(6-7-26)20(17)12-4-3-5-13(9-12)29-2/h3-5,8-10,20,26-27H,6-7H2,1-2H3,(H,23,24). The molecular formula is C21H20ClN3O4. The van der Waals surface area contributed by atoms with E-state index < -0.39 is 6.04 Å². The SMILES string of the molecule is COc1cccc(C2c3c(-c4cc(Cl)c(C)cc4O)n[nH]c3C(=O)N2CCO)c1. The maximum absolute atomic E-state index is 13.0. The molecule has 0 fully saturated rings. The van der Waals surface area contributed by atoms with Crippen molar-refractivity contribution in [2.45, 2.75) is 13.0 Å². The molecule has 0 spiro atoms. The lowest BCUT2D eigenvalue weighted by Gasteiger charge is -2.26. The number of aromatic hydroxyl groups is 1. The second-order valence-electron chi connectivity index (χ2n) is 6.88. The fourth-order valence-electron chi connectivity index (χ4n) is 3.75. The molecule has 1 amide bonds. The van der Waals surface area contributed by atoms with Gasteiger partial charge < -0.3 is 19.8 Å². The summed E-state index contributed by atoms with van der Waals surface area (Å²) in [5.41, 5.74) is 3.39. The Hall–Kier alpha value is -3.03. The number of carbonyl (C=O) groups excluding carboxylic acids is 1. The molecule has 29 heavy (non-hydrogen) atoms. The van der Waals surface area contributed by atoms with E-state index in [1.165, 1.54) is 0 Å². The first-order valence-corrected chi connectivity index (χ1v) is 9.47. The summed E-state index contributed by atoms with van der Waals surface area (Å²) in [5.74, 6) is 0.413. The second-order valence-corrected chi connectivity index (χ2v) is 7.29. The molecule has 0 saturated carbocycles. The second kappa shape index (κ2) is 7.42. The molecule has 3 aromatic rings. The van der Waals surface area contributed by atoms with Crippen LogP contribution in [0.15, 0.2) is 36.4 Å². The van der Waals surface area contributed by atoms with Gasteiger partial charge in [0.15, 0.2) is 0 Å². The first kappa shape index (κ1) is 19.3. The molecule has 4 rings (SSSR count). The number of rotatable bonds is 5. The van der Waals surface area contributed by atoms with Crippen molar-refractivity contribution in [3.05, 3.63) is 63.8 Å². The van der Waals surface area contributed by atoms with E-state index in [0.29, 0.717) is 33.3 Å². The molecule has 1 aliphatic rings. The van der Waals surface area contributed by atoms with Crippen LogP contribution >= 0.6 is 11.6 Å². The van der Waals surface area contributed by atoms with Crippen molar-refractivity contribution in [2.75, 3.05) is 20.3 Å². The zero-order valence-electron chi connectivity index (χ0n) is 15.9. The number of β-amino-alcohol motifs (C(OH)–C–C–N with tert-alkyl or cyclic N) is 1. The van der Waals surface area contributed by atoms with Crippen LogP contribution in [0.2, 0.25) is 5.02 Å². The first-order valence-electron chi connectivity index (χ1n) is 9.09. The molecule has 8 heteroatoms. The van der Waals surface area contributed by atoms with Crippen LogP contribution in [0, 0.1) is 6.92 Å². The van der Waals surface area contributed by atoms with E-state index in [1.807, 2.05) is 24.3 Å². The largest absolute Gasteiger partial charge is 0.507 e. The van der Waals surface area contributed by atoms with E-state index in [1.54, 1.807) is 31.1 Å². The third kappa shape index (κ3) is 3.12. The predicted octanol–water partition coefficient (Wildman–Crippen LogP) is 3.29. The van der Waals surface area contributed by atoms with Gasteiger partial charge in [0.05, 0.1) is 19.8 Å². The molecule has 7 nitrogen and oxygen atoms in total. The highest BCUT2D eigenvalue weighted by Gasteiger charge is 2.42. The summed E-state index contributed by atoms with van der Waals surface area (Å²) in [6, 6.07) is 10.1. The number of carbonyl (C=O) groups is 1. The Morgan fingerprint density at radius 3 is 2.83 bits per heavy atom. The average Bonchev–Trinajstić information content (AvgIpc) is 3.25. The lowest BCUT2D eigenvalue weighted by atomic mass is 9.95. The number of hydrogen-bond donors (Lipinski definition) is 3. The summed E-state index contributed by atoms with van der Waals surface area (Å²) in [6.07, 6.45) is 0. The highest BCUT2D eigenvalue weighted by Crippen LogP contribution is 2.45. The van der Waals surface area contributed by atoms with Crippen molar-refractivity contribution in [1.82, 2.24) is 15.1 Å². The average molecular weight is 414 g/mol. The van der Waals surface area contributed by atoms with E-state index in [-0.39, 0.29) is 24.8 Å². The van der Waals surface area contributed by atoms with Crippen LogP contribution in [0.4, 0.5) is 0 Å². The first-order chi connectivity index (χ1) is 14.0. The number of aliphatic hydroxyl groups excluding tert-OH is 1. The molecule has 3 N–H and O–H groups in total. The van der Waals surface area contributed by atoms with Crippen LogP contribution in [0.5, 0.6) is 11.5 Å². The number of H-pyrrole nitrogens is 1. The van der Waals surface area contributed by atoms with Gasteiger partial charge in [-0.2, -0.15) is 5.10 Å². The maximum Gasteiger partial charge on any atom is 0.273 e. The molecule has 0 radical (unpaired) electrons. The van der Waals surface area contributed by atoms with Gasteiger partial charge >= 0.3 is 0 Å². The number of nitrogens with one attached hydrogen (secondary N) is 1. The Morgan fingerprint density at radius 2 is 2.10 bits per heavy atom. The number of hydrogen-bond acceptors (Lipinski definition) is 5. The number of aliphatic hydroxyl groups is 1. The van der Waals surface area contributed by atoms with Crippen LogP contribution in [-0.2, 0) is 0 Å². The van der Waals surface area contributed by atoms with E-state index >= 15 is 0 Å². The van der Waals surface area contributed by atoms with Gasteiger partial charge in [0.2, 0.25) is 0 Å². The Morgan fingerprint density at radius 1 is 1.31 bits per heavy atom. The summed E-state index contributed by atoms with van der Waals surface area (Å²) in [4.78, 5) is 14.6. The third-order valence-electron chi connectivity index (χ3n) is 5.15. The zero-order valence-corrected chi connectivity index (χ0v) is 16.7. The summed E-state index contributed by atoms with van der Waals surface area (Å²) in [5, 5.41) is 27.7. The van der Waals surface area contributed by atoms with Crippen LogP contribution in [0.25, 0.3) is 11.3 Å². The lowest BCUT2D eigenvalue weighted by molar-refractivity contribution is 0.0706. The Bertz CT molecular complexity index is 1100. The number of phenolic OH excluding ortho intramolecular Hbond substituents is 1. The number of aryl methyl sites for hydroxylation is 1. The molecule has 0 aliphatic carbocycles. The van der Waals surface area contributed by atoms with Gasteiger partial charge in [-0.05, 0) is 42.3 Å². The molecular weight excluding hydrogens is 394 g/mol. The normalized spacial score (nSPS) is 15.7. The van der Waals surface area contributed by atoms with Crippen LogP contribution in [0.1, 0.15) is 33.2 Å². The number of methoxy groups -OCH3 is 1. The Balaban J connectivity index is 1.93. The number of nitrogens with zero attached hydrogens (tertiary/aromatic N) is 2. The molecule has 150 valence electrons. The van der Waals surface area contributed by atoms with Crippen LogP contribution < -0.4 is 4.74 Å². The fourth-order valence-corrected chi connectivity index (χ4v) is 3.92. The van der Waals surface area contributed by atoms with Gasteiger partial charge in [0, 0.05) is 22.7 Å². The van der Waals surface area contributed by atoms with Crippen molar-refractivity contribution in [1.29, 1.82) is 0 Å². The quantitative estimate of drug-likeness (QED) is 0.596. The molecule has 1 aromatic heterocycles. The summed E-state index contributed by atoms with van der Waals surface area (Å²) in [7, 11) is 1.57. The lowest BCUT2D eigenvalue weighted by Crippen LogP contribution is -2.32. The molecule has 2 heterocycles. The highest BCUT2D eigenvalue weighted by atomic mass is 35.5. The molecule has 1 aliphatic heterocycles. The topological polar surface area (TPSA) is 98.7 Å². The minimum Gasteiger partial charge on any atom is -0.507 e. The summed E-state index contributed by atoms with van der Waals surface area (Å²) >= 11 is 6.28. The molecule has 0 bridgehead atoms. The van der Waals surface area contributed by atoms with Gasteiger partial charge in [-0.15, -0.1) is 0 Å². The molecule has 1 atom stereocenters. The van der Waals surface area contributed by atoms with E-state index in [0.717, 1.165) is 11.1 Å². The van der Waals surface area contributed by atoms with Crippen molar-refractivity contribution in [2.24, 2.45) is 0 Å². The van der Waals surface area contributed by atoms with Gasteiger partial charge in [-0.25, -0.2) is 0 Å². The Kier molecular flexibility index (Phi) is 4.94. The summed E-state index contributed by atoms with van der Waals surface area (Å²) in [6.45, 7) is 1.77. The maximum atomic E-state index is 13.0. The van der Waals surface area contributed by atoms with E-state index in [4.69, 9.17) is 16.3 Å². The minimum absolute atomic E-state index is 0.0265. The molecule has 0 saturated heterocycles. The third-order valence-corrected chi connectivity index (χ3v) is 5.55. The van der Waals surface area contributed by atoms with Crippen molar-refractivity contribution in [3.8, 4) is 22.8 Å². The zero-order chi connectivity index (χ0) is 20.7. The summed E-state index contributed by atoms with van der Waals surface area (Å²) < 4.78 is 5.34. The smallest absolute Gasteiger partial charge is 0.273 e. The van der Waals surface area contributed by atoms with E-state index in [2.05, 4.69) is 10.2 Å². The number of ether oxygens (including phenoxy) is 1. The number of aromatic nitrogens is 2. The van der Waals surface area contributed by atoms with Gasteiger partial charge in [0.25, 0.3) is 5.91 Å². The number of phenols is 1. The van der Waals surface area contributed by atoms with Gasteiger partial charge in [0.1, 0.15) is 22.9 Å². The molecule has 1 unspecified atom stereocenters. The van der Waals surface area contributed by atoms with Crippen molar-refractivity contribution < 1.29 is 19.7 Å². The number of aromatic amines is 1. The van der Waals surface area contributed by atoms with Crippen molar-refractivity contribution >= 4 is 17.5 Å². The fraction of sp³-hybridized carbons (Fsp3) is 0.238. The van der Waals surface area contributed by atoms with E-state index in [9.17, 15) is 15.0 Å². The number of amides is 1. The predicted molar refractivity (Wildman–Crippen MR) is 108 cm³/mol. The highest BCUT2D eigenvalue weighted by molar-refractivity contribution is 6.31. The van der Waals surface area contributed by atoms with Crippen LogP contribution in [0.3, 0.4) is 0 Å². The number of halogens is 1. The molecule has 2 aromatic carbocycles.